The largest absolute Gasteiger partial charge is 0.292 e. The zero-order valence-corrected chi connectivity index (χ0v) is 11.5. The van der Waals surface area contributed by atoms with Gasteiger partial charge >= 0.3 is 0 Å². The molecule has 18 heavy (non-hydrogen) atoms. The van der Waals surface area contributed by atoms with E-state index in [9.17, 15) is 4.79 Å². The predicted octanol–water partition coefficient (Wildman–Crippen LogP) is 3.15. The first kappa shape index (κ1) is 11.7. The summed E-state index contributed by atoms with van der Waals surface area (Å²) in [4.78, 5) is 13.3. The second-order valence-corrected chi connectivity index (χ2v) is 5.98. The van der Waals surface area contributed by atoms with Crippen LogP contribution >= 0.6 is 11.3 Å². The van der Waals surface area contributed by atoms with Crippen LogP contribution in [-0.4, -0.2) is 15.6 Å². The number of carbonyl (C=O) groups excluding carboxylic acids is 1. The molecule has 0 radical (unpaired) electrons. The van der Waals surface area contributed by atoms with Crippen LogP contribution in [0.1, 0.15) is 52.3 Å². The highest BCUT2D eigenvalue weighted by Gasteiger charge is 2.30. The summed E-state index contributed by atoms with van der Waals surface area (Å²) in [7, 11) is 1.88. The number of nitrogens with zero attached hydrogens (tertiary/aromatic N) is 2. The predicted molar refractivity (Wildman–Crippen MR) is 72.3 cm³/mol. The molecule has 2 heterocycles. The van der Waals surface area contributed by atoms with Gasteiger partial charge in [-0.2, -0.15) is 5.10 Å². The van der Waals surface area contributed by atoms with E-state index >= 15 is 0 Å². The summed E-state index contributed by atoms with van der Waals surface area (Å²) in [6.07, 6.45) is 2.46. The van der Waals surface area contributed by atoms with Gasteiger partial charge in [-0.15, -0.1) is 11.3 Å². The lowest BCUT2D eigenvalue weighted by molar-refractivity contribution is 0.0958. The molecule has 0 aliphatic heterocycles. The van der Waals surface area contributed by atoms with Crippen molar-refractivity contribution in [3.8, 4) is 0 Å². The van der Waals surface area contributed by atoms with Gasteiger partial charge in [-0.25, -0.2) is 0 Å². The second-order valence-electron chi connectivity index (χ2n) is 4.95. The minimum atomic E-state index is 0.246. The van der Waals surface area contributed by atoms with Crippen LogP contribution in [0.25, 0.3) is 0 Å². The quantitative estimate of drug-likeness (QED) is 0.831. The number of Topliss-reactive ketones (excluding diaryl/α,β-unsaturated/α-hetero) is 1. The van der Waals surface area contributed by atoms with Crippen molar-refractivity contribution in [3.05, 3.63) is 39.3 Å². The number of hydrogen-bond acceptors (Lipinski definition) is 3. The van der Waals surface area contributed by atoms with Gasteiger partial charge in [0.05, 0.1) is 5.69 Å². The van der Waals surface area contributed by atoms with Crippen LogP contribution in [0.4, 0.5) is 0 Å². The van der Waals surface area contributed by atoms with Crippen LogP contribution in [-0.2, 0) is 13.5 Å². The van der Waals surface area contributed by atoms with Crippen molar-refractivity contribution < 1.29 is 4.79 Å². The molecule has 0 aromatic carbocycles. The topological polar surface area (TPSA) is 34.9 Å². The van der Waals surface area contributed by atoms with Crippen molar-refractivity contribution in [2.24, 2.45) is 7.05 Å². The Hall–Kier alpha value is -1.42. The molecular weight excluding hydrogens is 244 g/mol. The molecule has 4 heteroatoms. The Kier molecular flexibility index (Phi) is 2.82. The molecule has 0 saturated carbocycles. The third-order valence-corrected chi connectivity index (χ3v) is 4.52. The number of hydrogen-bond donors (Lipinski definition) is 0. The molecule has 1 aliphatic rings. The first-order valence-corrected chi connectivity index (χ1v) is 7.16. The summed E-state index contributed by atoms with van der Waals surface area (Å²) in [5.41, 5.74) is 3.10. The molecule has 94 valence electrons. The Balaban J connectivity index is 2.06. The molecule has 0 amide bonds. The molecule has 0 bridgehead atoms. The van der Waals surface area contributed by atoms with Crippen LogP contribution < -0.4 is 0 Å². The summed E-state index contributed by atoms with van der Waals surface area (Å²) in [5.74, 6) is 0.692. The molecule has 0 fully saturated rings. The lowest BCUT2D eigenvalue weighted by Gasteiger charge is -2.18. The van der Waals surface area contributed by atoms with Crippen LogP contribution in [0.3, 0.4) is 0 Å². The number of aromatic nitrogens is 2. The van der Waals surface area contributed by atoms with E-state index in [1.165, 1.54) is 10.4 Å². The summed E-state index contributed by atoms with van der Waals surface area (Å²) in [6.45, 7) is 2.20. The van der Waals surface area contributed by atoms with Crippen molar-refractivity contribution in [1.29, 1.82) is 0 Å². The number of fused-ring (bicyclic) bond motifs is 1. The number of carbonyl (C=O) groups is 1. The summed E-state index contributed by atoms with van der Waals surface area (Å²) in [5, 5.41) is 6.65. The highest BCUT2D eigenvalue weighted by molar-refractivity contribution is 7.09. The Morgan fingerprint density at radius 3 is 3.11 bits per heavy atom. The van der Waals surface area contributed by atoms with Crippen LogP contribution in [0, 0.1) is 0 Å². The summed E-state index contributed by atoms with van der Waals surface area (Å²) in [6, 6.07) is 4.19. The standard InChI is InChI=1S/C14H16N2OS/c1-9-5-6-12(17)14-13(9)11(15-16(14)2)8-10-4-3-7-18-10/h3-4,7,9H,5-6,8H2,1-2H3. The van der Waals surface area contributed by atoms with E-state index in [0.29, 0.717) is 12.3 Å². The van der Waals surface area contributed by atoms with E-state index in [0.717, 1.165) is 24.2 Å². The van der Waals surface area contributed by atoms with Crippen molar-refractivity contribution in [2.75, 3.05) is 0 Å². The third kappa shape index (κ3) is 1.81. The molecule has 1 aliphatic carbocycles. The average molecular weight is 260 g/mol. The van der Waals surface area contributed by atoms with Gasteiger partial charge < -0.3 is 0 Å². The van der Waals surface area contributed by atoms with Gasteiger partial charge in [0.25, 0.3) is 0 Å². The highest BCUT2D eigenvalue weighted by atomic mass is 32.1. The Bertz CT molecular complexity index is 583. The lowest BCUT2D eigenvalue weighted by Crippen LogP contribution is -2.16. The number of rotatable bonds is 2. The van der Waals surface area contributed by atoms with Gasteiger partial charge in [0.1, 0.15) is 5.69 Å². The van der Waals surface area contributed by atoms with E-state index in [4.69, 9.17) is 0 Å². The smallest absolute Gasteiger partial charge is 0.181 e. The maximum Gasteiger partial charge on any atom is 0.181 e. The minimum Gasteiger partial charge on any atom is -0.292 e. The molecule has 2 aromatic rings. The Morgan fingerprint density at radius 1 is 1.56 bits per heavy atom. The fraction of sp³-hybridized carbons (Fsp3) is 0.429. The molecule has 0 N–H and O–H groups in total. The van der Waals surface area contributed by atoms with E-state index in [1.807, 2.05) is 7.05 Å². The van der Waals surface area contributed by atoms with E-state index in [-0.39, 0.29) is 5.78 Å². The van der Waals surface area contributed by atoms with Crippen LogP contribution in [0.15, 0.2) is 17.5 Å². The maximum atomic E-state index is 12.0. The first-order valence-electron chi connectivity index (χ1n) is 6.28. The van der Waals surface area contributed by atoms with E-state index < -0.39 is 0 Å². The minimum absolute atomic E-state index is 0.246. The van der Waals surface area contributed by atoms with Crippen LogP contribution in [0.5, 0.6) is 0 Å². The third-order valence-electron chi connectivity index (χ3n) is 3.64. The summed E-state index contributed by atoms with van der Waals surface area (Å²) < 4.78 is 1.77. The molecule has 0 saturated heterocycles. The molecule has 3 rings (SSSR count). The fourth-order valence-corrected chi connectivity index (χ4v) is 3.47. The second kappa shape index (κ2) is 4.35. The van der Waals surface area contributed by atoms with Crippen molar-refractivity contribution in [1.82, 2.24) is 9.78 Å². The van der Waals surface area contributed by atoms with Crippen molar-refractivity contribution >= 4 is 17.1 Å². The molecule has 3 nitrogen and oxygen atoms in total. The normalized spacial score (nSPS) is 19.0. The van der Waals surface area contributed by atoms with E-state index in [2.05, 4.69) is 29.5 Å². The zero-order chi connectivity index (χ0) is 12.7. The van der Waals surface area contributed by atoms with Crippen molar-refractivity contribution in [3.63, 3.8) is 0 Å². The number of aryl methyl sites for hydroxylation is 1. The Labute approximate surface area is 110 Å². The average Bonchev–Trinajstić information content (AvgIpc) is 2.93. The number of ketones is 1. The molecule has 1 unspecified atom stereocenters. The Morgan fingerprint density at radius 2 is 2.39 bits per heavy atom. The molecule has 0 spiro atoms. The van der Waals surface area contributed by atoms with Gasteiger partial charge in [0, 0.05) is 30.3 Å². The highest BCUT2D eigenvalue weighted by Crippen LogP contribution is 2.34. The fourth-order valence-electron chi connectivity index (χ4n) is 2.76. The monoisotopic (exact) mass is 260 g/mol. The molecule has 1 atom stereocenters. The first-order chi connectivity index (χ1) is 8.66. The van der Waals surface area contributed by atoms with Gasteiger partial charge in [-0.1, -0.05) is 13.0 Å². The molecule has 2 aromatic heterocycles. The SMILES string of the molecule is CC1CCC(=O)c2c1c(Cc1cccs1)nn2C. The number of thiophene rings is 1. The zero-order valence-electron chi connectivity index (χ0n) is 10.6. The van der Waals surface area contributed by atoms with Gasteiger partial charge in [-0.3, -0.25) is 9.48 Å². The lowest BCUT2D eigenvalue weighted by atomic mass is 9.85. The van der Waals surface area contributed by atoms with Gasteiger partial charge in [-0.05, 0) is 23.8 Å². The maximum absolute atomic E-state index is 12.0. The molecular formula is C14H16N2OS. The summed E-state index contributed by atoms with van der Waals surface area (Å²) >= 11 is 1.75. The van der Waals surface area contributed by atoms with E-state index in [1.54, 1.807) is 16.0 Å². The van der Waals surface area contributed by atoms with Crippen LogP contribution in [0.2, 0.25) is 0 Å². The van der Waals surface area contributed by atoms with Gasteiger partial charge in [0.2, 0.25) is 0 Å². The van der Waals surface area contributed by atoms with Crippen molar-refractivity contribution in [2.45, 2.75) is 32.1 Å². The van der Waals surface area contributed by atoms with Gasteiger partial charge in [0.15, 0.2) is 5.78 Å².